The highest BCUT2D eigenvalue weighted by Gasteiger charge is 2.44. The van der Waals surface area contributed by atoms with Crippen LogP contribution in [0.4, 0.5) is 0 Å². The molecule has 2 saturated heterocycles. The van der Waals surface area contributed by atoms with Crippen LogP contribution in [0.5, 0.6) is 5.75 Å². The van der Waals surface area contributed by atoms with Gasteiger partial charge in [-0.15, -0.1) is 0 Å². The maximum absolute atomic E-state index is 13.0. The Morgan fingerprint density at radius 3 is 2.57 bits per heavy atom. The van der Waals surface area contributed by atoms with Crippen molar-refractivity contribution in [3.8, 4) is 5.75 Å². The number of ether oxygens (including phenoxy) is 1. The Kier molecular flexibility index (Phi) is 5.91. The third-order valence-electron chi connectivity index (χ3n) is 5.54. The van der Waals surface area contributed by atoms with Crippen LogP contribution in [-0.2, 0) is 20.8 Å². The molecular formula is C21H29N3O4. The molecule has 3 amide bonds. The van der Waals surface area contributed by atoms with Gasteiger partial charge in [-0.05, 0) is 17.7 Å². The van der Waals surface area contributed by atoms with E-state index in [-0.39, 0.29) is 30.1 Å². The second kappa shape index (κ2) is 8.20. The Labute approximate surface area is 166 Å². The summed E-state index contributed by atoms with van der Waals surface area (Å²) in [4.78, 5) is 41.2. The van der Waals surface area contributed by atoms with E-state index in [4.69, 9.17) is 4.74 Å². The third-order valence-corrected chi connectivity index (χ3v) is 5.54. The van der Waals surface area contributed by atoms with Crippen molar-refractivity contribution in [1.29, 1.82) is 0 Å². The van der Waals surface area contributed by atoms with Crippen molar-refractivity contribution in [2.24, 2.45) is 11.3 Å². The molecule has 1 N–H and O–H groups in total. The molecule has 0 unspecified atom stereocenters. The van der Waals surface area contributed by atoms with Crippen LogP contribution in [-0.4, -0.2) is 67.4 Å². The van der Waals surface area contributed by atoms with Gasteiger partial charge in [-0.25, -0.2) is 0 Å². The molecule has 7 nitrogen and oxygen atoms in total. The van der Waals surface area contributed by atoms with E-state index in [0.717, 1.165) is 11.3 Å². The van der Waals surface area contributed by atoms with E-state index in [2.05, 4.69) is 5.32 Å². The summed E-state index contributed by atoms with van der Waals surface area (Å²) < 4.78 is 5.24. The van der Waals surface area contributed by atoms with Gasteiger partial charge in [0.25, 0.3) is 0 Å². The van der Waals surface area contributed by atoms with Crippen LogP contribution < -0.4 is 10.1 Å². The maximum Gasteiger partial charge on any atom is 0.227 e. The van der Waals surface area contributed by atoms with Gasteiger partial charge in [0, 0.05) is 50.5 Å². The number of hydrogen-bond donors (Lipinski definition) is 1. The van der Waals surface area contributed by atoms with Crippen LogP contribution in [0.2, 0.25) is 0 Å². The topological polar surface area (TPSA) is 79.0 Å². The lowest BCUT2D eigenvalue weighted by Crippen LogP contribution is -2.46. The standard InChI is InChI=1S/C21H29N3O4/c1-15(2)20(27)24-8-7-23(13-21(14-24)11-18(25)22-12-21)19(26)10-16-5-4-6-17(9-16)28-3/h4-6,9,15H,7-8,10-14H2,1-3H3,(H,22,25)/t21-/m0/s1. The lowest BCUT2D eigenvalue weighted by atomic mass is 9.85. The van der Waals surface area contributed by atoms with Gasteiger partial charge in [0.15, 0.2) is 0 Å². The number of methoxy groups -OCH3 is 1. The molecule has 0 radical (unpaired) electrons. The monoisotopic (exact) mass is 387 g/mol. The average molecular weight is 387 g/mol. The number of benzene rings is 1. The molecule has 0 saturated carbocycles. The predicted octanol–water partition coefficient (Wildman–Crippen LogP) is 1.07. The summed E-state index contributed by atoms with van der Waals surface area (Å²) in [5, 5.41) is 2.89. The molecule has 1 aromatic carbocycles. The van der Waals surface area contributed by atoms with Crippen molar-refractivity contribution < 1.29 is 19.1 Å². The molecule has 2 aliphatic rings. The van der Waals surface area contributed by atoms with Crippen LogP contribution in [0.1, 0.15) is 25.8 Å². The van der Waals surface area contributed by atoms with Crippen LogP contribution in [0.15, 0.2) is 24.3 Å². The molecule has 2 fully saturated rings. The molecule has 152 valence electrons. The number of rotatable bonds is 4. The van der Waals surface area contributed by atoms with E-state index in [0.29, 0.717) is 39.1 Å². The molecule has 3 rings (SSSR count). The fourth-order valence-corrected chi connectivity index (χ4v) is 4.07. The summed E-state index contributed by atoms with van der Waals surface area (Å²) in [5.41, 5.74) is 0.473. The summed E-state index contributed by atoms with van der Waals surface area (Å²) in [6.07, 6.45) is 0.616. The minimum Gasteiger partial charge on any atom is -0.497 e. The molecule has 0 aromatic heterocycles. The molecule has 7 heteroatoms. The number of carbonyl (C=O) groups excluding carboxylic acids is 3. The van der Waals surface area contributed by atoms with Crippen molar-refractivity contribution in [2.75, 3.05) is 39.8 Å². The van der Waals surface area contributed by atoms with Gasteiger partial charge >= 0.3 is 0 Å². The smallest absolute Gasteiger partial charge is 0.227 e. The highest BCUT2D eigenvalue weighted by atomic mass is 16.5. The van der Waals surface area contributed by atoms with Crippen molar-refractivity contribution in [1.82, 2.24) is 15.1 Å². The summed E-state index contributed by atoms with van der Waals surface area (Å²) in [7, 11) is 1.60. The van der Waals surface area contributed by atoms with E-state index >= 15 is 0 Å². The largest absolute Gasteiger partial charge is 0.497 e. The minimum atomic E-state index is -0.415. The van der Waals surface area contributed by atoms with Crippen molar-refractivity contribution in [3.63, 3.8) is 0 Å². The summed E-state index contributed by atoms with van der Waals surface area (Å²) in [6.45, 7) is 6.22. The highest BCUT2D eigenvalue weighted by Crippen LogP contribution is 2.31. The van der Waals surface area contributed by atoms with E-state index < -0.39 is 5.41 Å². The fraction of sp³-hybridized carbons (Fsp3) is 0.571. The Bertz CT molecular complexity index is 764. The van der Waals surface area contributed by atoms with Gasteiger partial charge in [-0.1, -0.05) is 26.0 Å². The molecule has 1 atom stereocenters. The normalized spacial score (nSPS) is 22.4. The van der Waals surface area contributed by atoms with Gasteiger partial charge in [0.1, 0.15) is 5.75 Å². The van der Waals surface area contributed by atoms with E-state index in [9.17, 15) is 14.4 Å². The van der Waals surface area contributed by atoms with Gasteiger partial charge in [-0.3, -0.25) is 14.4 Å². The van der Waals surface area contributed by atoms with E-state index in [1.807, 2.05) is 47.9 Å². The maximum atomic E-state index is 13.0. The lowest BCUT2D eigenvalue weighted by Gasteiger charge is -2.33. The van der Waals surface area contributed by atoms with E-state index in [1.165, 1.54) is 0 Å². The number of nitrogens with one attached hydrogen (secondary N) is 1. The second-order valence-electron chi connectivity index (χ2n) is 8.21. The Morgan fingerprint density at radius 2 is 1.93 bits per heavy atom. The number of hydrogen-bond acceptors (Lipinski definition) is 4. The first-order valence-corrected chi connectivity index (χ1v) is 9.78. The second-order valence-corrected chi connectivity index (χ2v) is 8.21. The Hall–Kier alpha value is -2.57. The summed E-state index contributed by atoms with van der Waals surface area (Å²) >= 11 is 0. The third kappa shape index (κ3) is 4.46. The highest BCUT2D eigenvalue weighted by molar-refractivity contribution is 5.82. The van der Waals surface area contributed by atoms with Crippen molar-refractivity contribution in [2.45, 2.75) is 26.7 Å². The van der Waals surface area contributed by atoms with Gasteiger partial charge in [0.05, 0.1) is 13.5 Å². The minimum absolute atomic E-state index is 0.00539. The first-order chi connectivity index (χ1) is 13.3. The van der Waals surface area contributed by atoms with Gasteiger partial charge in [-0.2, -0.15) is 0 Å². The summed E-state index contributed by atoms with van der Waals surface area (Å²) in [6, 6.07) is 7.48. The molecular weight excluding hydrogens is 358 g/mol. The Balaban J connectivity index is 1.78. The van der Waals surface area contributed by atoms with Crippen molar-refractivity contribution in [3.05, 3.63) is 29.8 Å². The average Bonchev–Trinajstić information content (AvgIpc) is 2.92. The molecule has 2 aliphatic heterocycles. The van der Waals surface area contributed by atoms with Crippen LogP contribution in [0, 0.1) is 11.3 Å². The molecule has 28 heavy (non-hydrogen) atoms. The molecule has 1 aromatic rings. The van der Waals surface area contributed by atoms with Gasteiger partial charge < -0.3 is 19.9 Å². The van der Waals surface area contributed by atoms with Crippen LogP contribution >= 0.6 is 0 Å². The summed E-state index contributed by atoms with van der Waals surface area (Å²) in [5.74, 6) is 0.670. The van der Waals surface area contributed by atoms with E-state index in [1.54, 1.807) is 7.11 Å². The van der Waals surface area contributed by atoms with Crippen LogP contribution in [0.3, 0.4) is 0 Å². The molecule has 0 bridgehead atoms. The number of nitrogens with zero attached hydrogens (tertiary/aromatic N) is 2. The first-order valence-electron chi connectivity index (χ1n) is 9.78. The zero-order valence-corrected chi connectivity index (χ0v) is 16.9. The quantitative estimate of drug-likeness (QED) is 0.838. The first kappa shape index (κ1) is 20.2. The fourth-order valence-electron chi connectivity index (χ4n) is 4.07. The molecule has 2 heterocycles. The lowest BCUT2D eigenvalue weighted by molar-refractivity contribution is -0.136. The molecule has 0 aliphatic carbocycles. The van der Waals surface area contributed by atoms with Crippen LogP contribution in [0.25, 0.3) is 0 Å². The Morgan fingerprint density at radius 1 is 1.21 bits per heavy atom. The van der Waals surface area contributed by atoms with Gasteiger partial charge in [0.2, 0.25) is 17.7 Å². The van der Waals surface area contributed by atoms with Crippen molar-refractivity contribution >= 4 is 17.7 Å². The number of amides is 3. The zero-order valence-electron chi connectivity index (χ0n) is 16.9. The predicted molar refractivity (Wildman–Crippen MR) is 105 cm³/mol. The zero-order chi connectivity index (χ0) is 20.3. The number of carbonyl (C=O) groups is 3. The SMILES string of the molecule is COc1cccc(CC(=O)N2CCN(C(=O)C(C)C)C[C@@]3(CNC(=O)C3)C2)c1. The molecule has 1 spiro atoms.